The molecule has 1 atom stereocenters. The maximum absolute atomic E-state index is 12.0. The van der Waals surface area contributed by atoms with Crippen LogP contribution in [-0.2, 0) is 4.74 Å². The second-order valence-electron chi connectivity index (χ2n) is 4.75. The summed E-state index contributed by atoms with van der Waals surface area (Å²) in [7, 11) is 0. The van der Waals surface area contributed by atoms with E-state index >= 15 is 0 Å². The van der Waals surface area contributed by atoms with Crippen LogP contribution in [0.4, 0.5) is 0 Å². The third-order valence-electron chi connectivity index (χ3n) is 3.38. The first-order valence-electron chi connectivity index (χ1n) is 6.42. The number of rotatable bonds is 3. The fraction of sp³-hybridized carbons (Fsp3) is 0.571. The first-order valence-corrected chi connectivity index (χ1v) is 7.19. The summed E-state index contributed by atoms with van der Waals surface area (Å²) in [5.41, 5.74) is 2.96. The first kappa shape index (κ1) is 13.3. The van der Waals surface area contributed by atoms with Gasteiger partial charge in [0.15, 0.2) is 0 Å². The van der Waals surface area contributed by atoms with Gasteiger partial charge in [-0.2, -0.15) is 4.37 Å². The number of hydrogen-bond acceptors (Lipinski definition) is 4. The highest BCUT2D eigenvalue weighted by atomic mass is 32.1. The number of ether oxygens (including phenoxy) is 1. The Kier molecular flexibility index (Phi) is 4.17. The lowest BCUT2D eigenvalue weighted by Gasteiger charge is -2.19. The quantitative estimate of drug-likeness (QED) is 0.615. The van der Waals surface area contributed by atoms with Crippen LogP contribution in [0.15, 0.2) is 11.6 Å². The van der Waals surface area contributed by atoms with Gasteiger partial charge in [-0.3, -0.25) is 0 Å². The molecule has 0 aromatic carbocycles. The van der Waals surface area contributed by atoms with Crippen LogP contribution in [0, 0.1) is 6.92 Å². The van der Waals surface area contributed by atoms with Crippen LogP contribution < -0.4 is 0 Å². The van der Waals surface area contributed by atoms with Crippen molar-refractivity contribution < 1.29 is 9.53 Å². The molecule has 4 heteroatoms. The van der Waals surface area contributed by atoms with Crippen LogP contribution in [0.25, 0.3) is 0 Å². The zero-order valence-corrected chi connectivity index (χ0v) is 12.0. The van der Waals surface area contributed by atoms with Gasteiger partial charge in [0.05, 0.1) is 17.9 Å². The summed E-state index contributed by atoms with van der Waals surface area (Å²) in [6.07, 6.45) is 5.51. The van der Waals surface area contributed by atoms with Crippen LogP contribution in [0.1, 0.15) is 60.0 Å². The first-order chi connectivity index (χ1) is 8.63. The van der Waals surface area contributed by atoms with Gasteiger partial charge in [0.1, 0.15) is 0 Å². The number of allylic oxidation sites excluding steroid dienone is 2. The van der Waals surface area contributed by atoms with Crippen LogP contribution >= 0.6 is 11.5 Å². The molecule has 98 valence electrons. The van der Waals surface area contributed by atoms with Gasteiger partial charge < -0.3 is 4.74 Å². The standard InChI is InChI=1S/C14H19NO2S/c1-4-17-14(16)12-10(3)15-18-13(12)11-7-5-9(2)6-8-11/h5,11H,4,6-8H2,1-3H3. The Balaban J connectivity index is 2.26. The summed E-state index contributed by atoms with van der Waals surface area (Å²) in [4.78, 5) is 13.1. The Bertz CT molecular complexity index is 476. The molecule has 0 radical (unpaired) electrons. The number of aryl methyl sites for hydroxylation is 1. The average molecular weight is 265 g/mol. The predicted octanol–water partition coefficient (Wildman–Crippen LogP) is 3.84. The van der Waals surface area contributed by atoms with E-state index in [2.05, 4.69) is 17.4 Å². The molecule has 1 aromatic heterocycles. The van der Waals surface area contributed by atoms with E-state index in [1.807, 2.05) is 13.8 Å². The van der Waals surface area contributed by atoms with E-state index in [4.69, 9.17) is 4.74 Å². The molecule has 2 rings (SSSR count). The van der Waals surface area contributed by atoms with E-state index in [0.717, 1.165) is 29.8 Å². The van der Waals surface area contributed by atoms with Crippen molar-refractivity contribution >= 4 is 17.5 Å². The summed E-state index contributed by atoms with van der Waals surface area (Å²) < 4.78 is 9.47. The minimum absolute atomic E-state index is 0.218. The summed E-state index contributed by atoms with van der Waals surface area (Å²) in [5.74, 6) is 0.212. The smallest absolute Gasteiger partial charge is 0.341 e. The van der Waals surface area contributed by atoms with Crippen LogP contribution in [0.2, 0.25) is 0 Å². The molecule has 0 saturated heterocycles. The van der Waals surface area contributed by atoms with Crippen molar-refractivity contribution in [2.45, 2.75) is 46.0 Å². The summed E-state index contributed by atoms with van der Waals surface area (Å²) in [5, 5.41) is 0. The zero-order chi connectivity index (χ0) is 13.1. The number of aromatic nitrogens is 1. The lowest BCUT2D eigenvalue weighted by Crippen LogP contribution is -2.11. The van der Waals surface area contributed by atoms with Crippen molar-refractivity contribution in [2.75, 3.05) is 6.61 Å². The Morgan fingerprint density at radius 2 is 2.33 bits per heavy atom. The van der Waals surface area contributed by atoms with Gasteiger partial charge in [0, 0.05) is 4.88 Å². The lowest BCUT2D eigenvalue weighted by atomic mass is 9.87. The molecule has 1 heterocycles. The lowest BCUT2D eigenvalue weighted by molar-refractivity contribution is 0.0524. The van der Waals surface area contributed by atoms with E-state index in [1.54, 1.807) is 0 Å². The molecule has 0 N–H and O–H groups in total. The topological polar surface area (TPSA) is 39.2 Å². The number of esters is 1. The van der Waals surface area contributed by atoms with Crippen molar-refractivity contribution in [3.63, 3.8) is 0 Å². The summed E-state index contributed by atoms with van der Waals surface area (Å²) >= 11 is 1.46. The monoisotopic (exact) mass is 265 g/mol. The maximum Gasteiger partial charge on any atom is 0.341 e. The molecule has 3 nitrogen and oxygen atoms in total. The van der Waals surface area contributed by atoms with Gasteiger partial charge in [0.25, 0.3) is 0 Å². The highest BCUT2D eigenvalue weighted by Crippen LogP contribution is 2.37. The van der Waals surface area contributed by atoms with Gasteiger partial charge in [-0.05, 0) is 57.5 Å². The maximum atomic E-state index is 12.0. The number of carbonyl (C=O) groups is 1. The molecule has 1 unspecified atom stereocenters. The van der Waals surface area contributed by atoms with Crippen molar-refractivity contribution in [3.05, 3.63) is 27.8 Å². The molecular formula is C14H19NO2S. The van der Waals surface area contributed by atoms with E-state index in [1.165, 1.54) is 17.1 Å². The van der Waals surface area contributed by atoms with E-state index in [9.17, 15) is 4.79 Å². The van der Waals surface area contributed by atoms with Gasteiger partial charge in [-0.25, -0.2) is 4.79 Å². The normalized spacial score (nSPS) is 19.5. The minimum atomic E-state index is -0.218. The molecule has 18 heavy (non-hydrogen) atoms. The van der Waals surface area contributed by atoms with Crippen LogP contribution in [-0.4, -0.2) is 16.9 Å². The van der Waals surface area contributed by atoms with Crippen molar-refractivity contribution in [1.29, 1.82) is 0 Å². The highest BCUT2D eigenvalue weighted by molar-refractivity contribution is 7.06. The van der Waals surface area contributed by atoms with Gasteiger partial charge in [-0.15, -0.1) is 0 Å². The van der Waals surface area contributed by atoms with Crippen molar-refractivity contribution in [2.24, 2.45) is 0 Å². The highest BCUT2D eigenvalue weighted by Gasteiger charge is 2.26. The zero-order valence-electron chi connectivity index (χ0n) is 11.2. The third-order valence-corrected chi connectivity index (χ3v) is 4.48. The molecule has 0 saturated carbocycles. The molecule has 1 aliphatic carbocycles. The second-order valence-corrected chi connectivity index (χ2v) is 5.55. The molecule has 1 aliphatic rings. The molecule has 0 amide bonds. The second kappa shape index (κ2) is 5.65. The van der Waals surface area contributed by atoms with E-state index in [0.29, 0.717) is 18.1 Å². The summed E-state index contributed by atoms with van der Waals surface area (Å²) in [6, 6.07) is 0. The third kappa shape index (κ3) is 2.64. The molecule has 0 spiro atoms. The van der Waals surface area contributed by atoms with E-state index in [-0.39, 0.29) is 5.97 Å². The number of carbonyl (C=O) groups excluding carboxylic acids is 1. The van der Waals surface area contributed by atoms with Gasteiger partial charge in [-0.1, -0.05) is 11.6 Å². The van der Waals surface area contributed by atoms with Gasteiger partial charge in [0.2, 0.25) is 0 Å². The number of hydrogen-bond donors (Lipinski definition) is 0. The summed E-state index contributed by atoms with van der Waals surface area (Å²) in [6.45, 7) is 6.30. The van der Waals surface area contributed by atoms with Crippen LogP contribution in [0.3, 0.4) is 0 Å². The van der Waals surface area contributed by atoms with E-state index < -0.39 is 0 Å². The number of nitrogens with zero attached hydrogens (tertiary/aromatic N) is 1. The van der Waals surface area contributed by atoms with Crippen molar-refractivity contribution in [1.82, 2.24) is 4.37 Å². The Morgan fingerprint density at radius 1 is 1.56 bits per heavy atom. The Morgan fingerprint density at radius 3 is 2.94 bits per heavy atom. The van der Waals surface area contributed by atoms with Gasteiger partial charge >= 0.3 is 5.97 Å². The SMILES string of the molecule is CCOC(=O)c1c(C)nsc1C1CC=C(C)CC1. The minimum Gasteiger partial charge on any atom is -0.462 e. The molecule has 1 aromatic rings. The Labute approximate surface area is 112 Å². The fourth-order valence-corrected chi connectivity index (χ4v) is 3.33. The van der Waals surface area contributed by atoms with Crippen LogP contribution in [0.5, 0.6) is 0 Å². The molecule has 0 aliphatic heterocycles. The Hall–Kier alpha value is -1.16. The van der Waals surface area contributed by atoms with Crippen molar-refractivity contribution in [3.8, 4) is 0 Å². The average Bonchev–Trinajstić information content (AvgIpc) is 2.72. The fourth-order valence-electron chi connectivity index (χ4n) is 2.32. The molecular weight excluding hydrogens is 246 g/mol. The molecule has 0 fully saturated rings. The largest absolute Gasteiger partial charge is 0.462 e. The molecule has 0 bridgehead atoms. The predicted molar refractivity (Wildman–Crippen MR) is 73.2 cm³/mol.